The number of benzene rings is 1. The van der Waals surface area contributed by atoms with Gasteiger partial charge in [-0.15, -0.1) is 0 Å². The molecule has 0 spiro atoms. The van der Waals surface area contributed by atoms with E-state index in [2.05, 4.69) is 31.5 Å². The minimum absolute atomic E-state index is 0.0398. The molecule has 5 heteroatoms. The van der Waals surface area contributed by atoms with Gasteiger partial charge in [0.05, 0.1) is 6.54 Å². The van der Waals surface area contributed by atoms with Gasteiger partial charge in [-0.3, -0.25) is 9.78 Å². The largest absolute Gasteiger partial charge is 0.325 e. The summed E-state index contributed by atoms with van der Waals surface area (Å²) in [6, 6.07) is 11.5. The first-order valence-corrected chi connectivity index (χ1v) is 7.18. The van der Waals surface area contributed by atoms with Crippen molar-refractivity contribution in [2.24, 2.45) is 0 Å². The molecule has 1 amide bonds. The molecule has 0 aliphatic heterocycles. The second-order valence-electron chi connectivity index (χ2n) is 4.34. The average Bonchev–Trinajstić information content (AvgIpc) is 2.47. The lowest BCUT2D eigenvalue weighted by atomic mass is 10.2. The highest BCUT2D eigenvalue weighted by Crippen LogP contribution is 2.13. The van der Waals surface area contributed by atoms with Gasteiger partial charge >= 0.3 is 0 Å². The van der Waals surface area contributed by atoms with Gasteiger partial charge in [-0.2, -0.15) is 0 Å². The van der Waals surface area contributed by atoms with E-state index in [0.717, 1.165) is 23.1 Å². The molecule has 1 aromatic heterocycles. The number of nitrogens with zero attached hydrogens (tertiary/aromatic N) is 1. The number of hydrogen-bond donors (Lipinski definition) is 2. The maximum Gasteiger partial charge on any atom is 0.238 e. The minimum Gasteiger partial charge on any atom is -0.325 e. The van der Waals surface area contributed by atoms with Crippen molar-refractivity contribution < 1.29 is 4.79 Å². The number of nitrogens with one attached hydrogen (secondary N) is 2. The number of anilines is 1. The number of pyridine rings is 1. The summed E-state index contributed by atoms with van der Waals surface area (Å²) in [5.41, 5.74) is 2.01. The fraction of sp³-hybridized carbons (Fsp3) is 0.200. The Morgan fingerprint density at radius 3 is 2.50 bits per heavy atom. The first-order valence-electron chi connectivity index (χ1n) is 6.39. The van der Waals surface area contributed by atoms with E-state index < -0.39 is 0 Å². The Balaban J connectivity index is 1.66. The molecule has 104 valence electrons. The molecule has 2 aromatic rings. The summed E-state index contributed by atoms with van der Waals surface area (Å²) in [7, 11) is 0. The van der Waals surface area contributed by atoms with Gasteiger partial charge in [0, 0.05) is 22.6 Å². The molecule has 0 aliphatic rings. The van der Waals surface area contributed by atoms with E-state index in [0.29, 0.717) is 6.54 Å². The number of rotatable bonds is 6. The van der Waals surface area contributed by atoms with E-state index in [9.17, 15) is 4.79 Å². The number of halogens is 1. The molecule has 0 aliphatic carbocycles. The van der Waals surface area contributed by atoms with Gasteiger partial charge in [0.1, 0.15) is 0 Å². The molecular weight excluding hydrogens is 318 g/mol. The fourth-order valence-electron chi connectivity index (χ4n) is 1.72. The Morgan fingerprint density at radius 1 is 1.10 bits per heavy atom. The molecule has 0 radical (unpaired) electrons. The van der Waals surface area contributed by atoms with E-state index >= 15 is 0 Å². The molecule has 0 saturated carbocycles. The predicted octanol–water partition coefficient (Wildman–Crippen LogP) is 2.61. The van der Waals surface area contributed by atoms with Crippen LogP contribution in [0.5, 0.6) is 0 Å². The van der Waals surface area contributed by atoms with E-state index in [-0.39, 0.29) is 5.91 Å². The minimum atomic E-state index is -0.0398. The Hall–Kier alpha value is -1.72. The molecule has 0 bridgehead atoms. The summed E-state index contributed by atoms with van der Waals surface area (Å²) in [5.74, 6) is -0.0398. The summed E-state index contributed by atoms with van der Waals surface area (Å²) in [4.78, 5) is 15.7. The smallest absolute Gasteiger partial charge is 0.238 e. The zero-order chi connectivity index (χ0) is 14.2. The summed E-state index contributed by atoms with van der Waals surface area (Å²) >= 11 is 3.36. The topological polar surface area (TPSA) is 54.0 Å². The SMILES string of the molecule is O=C(CNCCc1ccncc1)Nc1ccc(Br)cc1. The Morgan fingerprint density at radius 2 is 1.80 bits per heavy atom. The lowest BCUT2D eigenvalue weighted by Crippen LogP contribution is -2.29. The third kappa shape index (κ3) is 5.11. The zero-order valence-electron chi connectivity index (χ0n) is 11.0. The van der Waals surface area contributed by atoms with Crippen LogP contribution in [0, 0.1) is 0 Å². The molecule has 0 atom stereocenters. The van der Waals surface area contributed by atoms with Crippen LogP contribution in [0.15, 0.2) is 53.3 Å². The Kier molecular flexibility index (Phi) is 5.70. The summed E-state index contributed by atoms with van der Waals surface area (Å²) < 4.78 is 0.992. The van der Waals surface area contributed by atoms with Crippen molar-refractivity contribution in [2.75, 3.05) is 18.4 Å². The van der Waals surface area contributed by atoms with Crippen molar-refractivity contribution in [2.45, 2.75) is 6.42 Å². The van der Waals surface area contributed by atoms with Crippen molar-refractivity contribution >= 4 is 27.5 Å². The molecular formula is C15H16BrN3O. The molecule has 0 fully saturated rings. The number of hydrogen-bond acceptors (Lipinski definition) is 3. The zero-order valence-corrected chi connectivity index (χ0v) is 12.6. The Bertz CT molecular complexity index is 543. The van der Waals surface area contributed by atoms with Gasteiger partial charge in [0.25, 0.3) is 0 Å². The molecule has 2 rings (SSSR count). The van der Waals surface area contributed by atoms with Gasteiger partial charge in [0.2, 0.25) is 5.91 Å². The van der Waals surface area contributed by atoms with Crippen LogP contribution < -0.4 is 10.6 Å². The monoisotopic (exact) mass is 333 g/mol. The molecule has 2 N–H and O–H groups in total. The maximum atomic E-state index is 11.7. The third-order valence-electron chi connectivity index (χ3n) is 2.75. The van der Waals surface area contributed by atoms with Crippen molar-refractivity contribution in [3.63, 3.8) is 0 Å². The van der Waals surface area contributed by atoms with Crippen LogP contribution in [0.2, 0.25) is 0 Å². The van der Waals surface area contributed by atoms with Gasteiger partial charge in [-0.25, -0.2) is 0 Å². The van der Waals surface area contributed by atoms with Crippen LogP contribution in [-0.4, -0.2) is 24.0 Å². The summed E-state index contributed by atoms with van der Waals surface area (Å²) in [6.45, 7) is 1.07. The molecule has 4 nitrogen and oxygen atoms in total. The van der Waals surface area contributed by atoms with Crippen LogP contribution >= 0.6 is 15.9 Å². The Labute approximate surface area is 126 Å². The van der Waals surface area contributed by atoms with Gasteiger partial charge in [-0.1, -0.05) is 15.9 Å². The molecule has 0 saturated heterocycles. The fourth-order valence-corrected chi connectivity index (χ4v) is 1.99. The molecule has 0 unspecified atom stereocenters. The van der Waals surface area contributed by atoms with Crippen LogP contribution in [0.3, 0.4) is 0 Å². The van der Waals surface area contributed by atoms with Crippen LogP contribution in [-0.2, 0) is 11.2 Å². The second kappa shape index (κ2) is 7.77. The standard InChI is InChI=1S/C15H16BrN3O/c16-13-1-3-14(4-2-13)19-15(20)11-18-10-7-12-5-8-17-9-6-12/h1-6,8-9,18H,7,10-11H2,(H,19,20). The quantitative estimate of drug-likeness (QED) is 0.799. The maximum absolute atomic E-state index is 11.7. The second-order valence-corrected chi connectivity index (χ2v) is 5.25. The number of aromatic nitrogens is 1. The molecule has 20 heavy (non-hydrogen) atoms. The average molecular weight is 334 g/mol. The van der Waals surface area contributed by atoms with Gasteiger partial charge in [-0.05, 0) is 54.9 Å². The number of amides is 1. The lowest BCUT2D eigenvalue weighted by molar-refractivity contribution is -0.115. The van der Waals surface area contributed by atoms with Crippen LogP contribution in [0.25, 0.3) is 0 Å². The molecule has 1 aromatic carbocycles. The van der Waals surface area contributed by atoms with Gasteiger partial charge in [0.15, 0.2) is 0 Å². The number of carbonyl (C=O) groups is 1. The van der Waals surface area contributed by atoms with Crippen molar-refractivity contribution in [1.82, 2.24) is 10.3 Å². The molecule has 1 heterocycles. The van der Waals surface area contributed by atoms with E-state index in [1.807, 2.05) is 36.4 Å². The van der Waals surface area contributed by atoms with Crippen LogP contribution in [0.1, 0.15) is 5.56 Å². The summed E-state index contributed by atoms with van der Waals surface area (Å²) in [5, 5.41) is 5.96. The normalized spacial score (nSPS) is 10.2. The van der Waals surface area contributed by atoms with Crippen molar-refractivity contribution in [3.05, 3.63) is 58.8 Å². The lowest BCUT2D eigenvalue weighted by Gasteiger charge is -2.07. The van der Waals surface area contributed by atoms with E-state index in [1.54, 1.807) is 12.4 Å². The highest BCUT2D eigenvalue weighted by Gasteiger charge is 2.01. The first-order chi connectivity index (χ1) is 9.74. The summed E-state index contributed by atoms with van der Waals surface area (Å²) in [6.07, 6.45) is 4.43. The van der Waals surface area contributed by atoms with Crippen molar-refractivity contribution in [3.8, 4) is 0 Å². The predicted molar refractivity (Wildman–Crippen MR) is 83.6 cm³/mol. The van der Waals surface area contributed by atoms with Crippen molar-refractivity contribution in [1.29, 1.82) is 0 Å². The first kappa shape index (κ1) is 14.7. The number of carbonyl (C=O) groups excluding carboxylic acids is 1. The van der Waals surface area contributed by atoms with Crippen LogP contribution in [0.4, 0.5) is 5.69 Å². The van der Waals surface area contributed by atoms with E-state index in [4.69, 9.17) is 0 Å². The van der Waals surface area contributed by atoms with Gasteiger partial charge < -0.3 is 10.6 Å². The third-order valence-corrected chi connectivity index (χ3v) is 3.28. The highest BCUT2D eigenvalue weighted by molar-refractivity contribution is 9.10. The van der Waals surface area contributed by atoms with E-state index in [1.165, 1.54) is 5.56 Å². The highest BCUT2D eigenvalue weighted by atomic mass is 79.9.